The number of ether oxygens (including phenoxy) is 1. The molecule has 9 rings (SSSR count). The Labute approximate surface area is 330 Å². The summed E-state index contributed by atoms with van der Waals surface area (Å²) in [7, 11) is 0. The molecule has 5 aliphatic heterocycles. The zero-order valence-electron chi connectivity index (χ0n) is 31.2. The number of rotatable bonds is 7. The summed E-state index contributed by atoms with van der Waals surface area (Å²) in [5.74, 6) is -0.168. The number of aliphatic hydroxyl groups excluding tert-OH is 1. The molecule has 12 nitrogen and oxygen atoms in total. The van der Waals surface area contributed by atoms with Crippen LogP contribution in [0.15, 0.2) is 54.6 Å². The van der Waals surface area contributed by atoms with Gasteiger partial charge < -0.3 is 25.0 Å². The molecule has 3 aromatic carbocycles. The quantitative estimate of drug-likeness (QED) is 0.313. The molecule has 3 aromatic rings. The van der Waals surface area contributed by atoms with Crippen molar-refractivity contribution in [3.63, 3.8) is 0 Å². The second kappa shape index (κ2) is 14.5. The highest BCUT2D eigenvalue weighted by atomic mass is 35.5. The van der Waals surface area contributed by atoms with E-state index in [1.165, 1.54) is 0 Å². The van der Waals surface area contributed by atoms with Crippen molar-refractivity contribution in [2.45, 2.75) is 82.8 Å². The fourth-order valence-electron chi connectivity index (χ4n) is 9.78. The maximum Gasteiger partial charge on any atom is 0.262 e. The number of halogens is 1. The van der Waals surface area contributed by atoms with Gasteiger partial charge in [0.2, 0.25) is 5.91 Å². The summed E-state index contributed by atoms with van der Waals surface area (Å²) >= 11 is 6.19. The first kappa shape index (κ1) is 36.7. The van der Waals surface area contributed by atoms with Crippen LogP contribution in [0.4, 0.5) is 5.69 Å². The standard InChI is InChI=1S/C43H45ClN6O6/c44-36-19-33(6-3-28(36)20-45)56-32-9-13-43(14-10-32)24-49(25-43)31-4-1-27(2-5-31)40(53)48-15-11-26(12-16-48)21-47-22-29-17-34-35(18-30(29)23-47)42(55)50(41(34)54)37-7-8-38(51)46-39(37)52/h1-6,17-19,26,32,37-38,51H,7-16,21-25H2,(H,46,52). The van der Waals surface area contributed by atoms with Crippen LogP contribution in [0.5, 0.6) is 5.75 Å². The fourth-order valence-corrected chi connectivity index (χ4v) is 10.00. The summed E-state index contributed by atoms with van der Waals surface area (Å²) in [6.07, 6.45) is 5.75. The molecule has 1 aliphatic carbocycles. The summed E-state index contributed by atoms with van der Waals surface area (Å²) < 4.78 is 6.20. The van der Waals surface area contributed by atoms with E-state index in [2.05, 4.69) is 33.3 Å². The average molecular weight is 777 g/mol. The molecule has 0 radical (unpaired) electrons. The Bertz CT molecular complexity index is 2080. The number of fused-ring (bicyclic) bond motifs is 2. The Morgan fingerprint density at radius 3 is 2.16 bits per heavy atom. The summed E-state index contributed by atoms with van der Waals surface area (Å²) in [5, 5.41) is 21.7. The van der Waals surface area contributed by atoms with Crippen molar-refractivity contribution in [3.05, 3.63) is 93.0 Å². The van der Waals surface area contributed by atoms with Crippen LogP contribution in [0, 0.1) is 22.7 Å². The summed E-state index contributed by atoms with van der Waals surface area (Å²) in [6, 6.07) is 18.2. The Hall–Kier alpha value is -4.96. The first-order chi connectivity index (χ1) is 27.1. The van der Waals surface area contributed by atoms with Crippen LogP contribution in [0.25, 0.3) is 0 Å². The SMILES string of the molecule is N#Cc1ccc(OC2CCC3(CC2)CN(c2ccc(C(=O)N4CCC(CN5Cc6cc7c(cc6C5)C(=O)N(C5CCC(O)NC5=O)C7=O)CC4)cc2)C3)cc1Cl. The molecule has 5 heterocycles. The van der Waals surface area contributed by atoms with Crippen molar-refractivity contribution in [1.82, 2.24) is 20.0 Å². The van der Waals surface area contributed by atoms with Gasteiger partial charge in [-0.25, -0.2) is 0 Å². The predicted molar refractivity (Wildman–Crippen MR) is 207 cm³/mol. The van der Waals surface area contributed by atoms with E-state index >= 15 is 0 Å². The van der Waals surface area contributed by atoms with Crippen molar-refractivity contribution in [3.8, 4) is 11.8 Å². The molecule has 290 valence electrons. The monoisotopic (exact) mass is 776 g/mol. The Kier molecular flexibility index (Phi) is 9.51. The van der Waals surface area contributed by atoms with Gasteiger partial charge in [0, 0.05) is 68.5 Å². The number of carbonyl (C=O) groups is 4. The summed E-state index contributed by atoms with van der Waals surface area (Å²) in [4.78, 5) is 60.4. The maximum absolute atomic E-state index is 13.5. The van der Waals surface area contributed by atoms with E-state index in [4.69, 9.17) is 21.6 Å². The molecule has 0 aromatic heterocycles. The Balaban J connectivity index is 0.721. The predicted octanol–water partition coefficient (Wildman–Crippen LogP) is 5.10. The Morgan fingerprint density at radius 1 is 0.893 bits per heavy atom. The van der Waals surface area contributed by atoms with Crippen LogP contribution in [0.2, 0.25) is 5.02 Å². The highest BCUT2D eigenvalue weighted by molar-refractivity contribution is 6.31. The average Bonchev–Trinajstić information content (AvgIpc) is 3.69. The van der Waals surface area contributed by atoms with Gasteiger partial charge in [0.25, 0.3) is 17.7 Å². The van der Waals surface area contributed by atoms with E-state index in [0.717, 1.165) is 85.4 Å². The van der Waals surface area contributed by atoms with Crippen molar-refractivity contribution < 1.29 is 29.0 Å². The van der Waals surface area contributed by atoms with Gasteiger partial charge >= 0.3 is 0 Å². The molecule has 2 unspecified atom stereocenters. The van der Waals surface area contributed by atoms with Crippen molar-refractivity contribution in [2.75, 3.05) is 37.6 Å². The number of aliphatic hydroxyl groups is 1. The minimum atomic E-state index is -0.955. The molecule has 2 atom stereocenters. The van der Waals surface area contributed by atoms with E-state index in [-0.39, 0.29) is 24.9 Å². The number of nitriles is 1. The number of imide groups is 1. The van der Waals surface area contributed by atoms with Gasteiger partial charge in [-0.15, -0.1) is 0 Å². The lowest BCUT2D eigenvalue weighted by Gasteiger charge is -2.54. The number of hydrogen-bond acceptors (Lipinski definition) is 9. The number of piperidine rings is 2. The highest BCUT2D eigenvalue weighted by Crippen LogP contribution is 2.46. The molecule has 1 spiro atoms. The smallest absolute Gasteiger partial charge is 0.262 e. The van der Waals surface area contributed by atoms with Gasteiger partial charge in [-0.05, 0) is 117 Å². The summed E-state index contributed by atoms with van der Waals surface area (Å²) in [6.45, 7) is 5.70. The molecule has 56 heavy (non-hydrogen) atoms. The second-order valence-corrected chi connectivity index (χ2v) is 17.1. The van der Waals surface area contributed by atoms with E-state index < -0.39 is 30.0 Å². The van der Waals surface area contributed by atoms with Crippen LogP contribution < -0.4 is 15.0 Å². The van der Waals surface area contributed by atoms with Gasteiger partial charge in [-0.2, -0.15) is 5.26 Å². The normalized spacial score (nSPS) is 23.8. The largest absolute Gasteiger partial charge is 0.490 e. The zero-order chi connectivity index (χ0) is 38.7. The van der Waals surface area contributed by atoms with Gasteiger partial charge in [0.15, 0.2) is 0 Å². The molecule has 6 aliphatic rings. The number of nitrogens with zero attached hydrogens (tertiary/aromatic N) is 5. The van der Waals surface area contributed by atoms with Crippen molar-refractivity contribution in [1.29, 1.82) is 5.26 Å². The van der Waals surface area contributed by atoms with E-state index in [0.29, 0.717) is 65.0 Å². The molecule has 4 fully saturated rings. The molecule has 0 bridgehead atoms. The van der Waals surface area contributed by atoms with Crippen LogP contribution in [0.1, 0.15) is 99.1 Å². The van der Waals surface area contributed by atoms with Crippen LogP contribution in [-0.4, -0.2) is 94.5 Å². The maximum atomic E-state index is 13.5. The number of hydrogen-bond donors (Lipinski definition) is 2. The van der Waals surface area contributed by atoms with Crippen molar-refractivity contribution in [2.24, 2.45) is 11.3 Å². The first-order valence-electron chi connectivity index (χ1n) is 19.8. The lowest BCUT2D eigenvalue weighted by Crippen LogP contribution is -2.58. The lowest BCUT2D eigenvalue weighted by molar-refractivity contribution is -0.131. The lowest BCUT2D eigenvalue weighted by atomic mass is 9.67. The number of benzene rings is 3. The molecule has 4 amide bonds. The third kappa shape index (κ3) is 6.80. The third-order valence-electron chi connectivity index (χ3n) is 13.0. The van der Waals surface area contributed by atoms with Gasteiger partial charge in [0.05, 0.1) is 27.8 Å². The molecule has 2 N–H and O–H groups in total. The van der Waals surface area contributed by atoms with E-state index in [9.17, 15) is 24.3 Å². The number of nitrogens with one attached hydrogen (secondary N) is 1. The van der Waals surface area contributed by atoms with Crippen LogP contribution in [-0.2, 0) is 17.9 Å². The van der Waals surface area contributed by atoms with Crippen LogP contribution >= 0.6 is 11.6 Å². The minimum absolute atomic E-state index is 0.0744. The Morgan fingerprint density at radius 2 is 1.55 bits per heavy atom. The highest BCUT2D eigenvalue weighted by Gasteiger charge is 2.47. The molecule has 3 saturated heterocycles. The van der Waals surface area contributed by atoms with Crippen molar-refractivity contribution >= 4 is 40.9 Å². The number of anilines is 1. The third-order valence-corrected chi connectivity index (χ3v) is 13.3. The van der Waals surface area contributed by atoms with Crippen LogP contribution in [0.3, 0.4) is 0 Å². The van der Waals surface area contributed by atoms with E-state index in [1.807, 2.05) is 35.2 Å². The van der Waals surface area contributed by atoms with Gasteiger partial charge in [0.1, 0.15) is 24.1 Å². The van der Waals surface area contributed by atoms with Gasteiger partial charge in [-0.1, -0.05) is 11.6 Å². The molecule has 1 saturated carbocycles. The molecular weight excluding hydrogens is 732 g/mol. The fraction of sp³-hybridized carbons (Fsp3) is 0.465. The topological polar surface area (TPSA) is 147 Å². The number of carbonyl (C=O) groups excluding carboxylic acids is 4. The number of likely N-dealkylation sites (tertiary alicyclic amines) is 1. The molecule has 13 heteroatoms. The minimum Gasteiger partial charge on any atom is -0.490 e. The molecular formula is C43H45ClN6O6. The number of amides is 4. The zero-order valence-corrected chi connectivity index (χ0v) is 32.0. The second-order valence-electron chi connectivity index (χ2n) is 16.6. The van der Waals surface area contributed by atoms with E-state index in [1.54, 1.807) is 12.1 Å². The summed E-state index contributed by atoms with van der Waals surface area (Å²) in [5.41, 5.74) is 5.39. The first-order valence-corrected chi connectivity index (χ1v) is 20.2. The van der Waals surface area contributed by atoms with Gasteiger partial charge in [-0.3, -0.25) is 29.0 Å².